The van der Waals surface area contributed by atoms with E-state index in [1.54, 1.807) is 6.20 Å². The largest absolute Gasteiger partial charge is 0.334 e. The quantitative estimate of drug-likeness (QED) is 0.660. The number of rotatable bonds is 3. The predicted octanol–water partition coefficient (Wildman–Crippen LogP) is 2.45. The van der Waals surface area contributed by atoms with Crippen LogP contribution in [0.25, 0.3) is 5.57 Å². The Morgan fingerprint density at radius 1 is 1.75 bits per heavy atom. The van der Waals surface area contributed by atoms with Crippen LogP contribution in [0.5, 0.6) is 0 Å². The van der Waals surface area contributed by atoms with Gasteiger partial charge in [-0.1, -0.05) is 6.08 Å². The van der Waals surface area contributed by atoms with Crippen molar-refractivity contribution in [3.05, 3.63) is 24.3 Å². The summed E-state index contributed by atoms with van der Waals surface area (Å²) in [6.45, 7) is 2.05. The zero-order valence-electron chi connectivity index (χ0n) is 7.42. The Morgan fingerprint density at radius 2 is 2.50 bits per heavy atom. The highest BCUT2D eigenvalue weighted by Gasteiger charge is 1.99. The minimum atomic E-state index is 0.668. The summed E-state index contributed by atoms with van der Waals surface area (Å²) in [5, 5.41) is 0. The maximum absolute atomic E-state index is 5.57. The van der Waals surface area contributed by atoms with Gasteiger partial charge in [0, 0.05) is 25.3 Å². The smallest absolute Gasteiger partial charge is 0.134 e. The van der Waals surface area contributed by atoms with Crippen molar-refractivity contribution in [1.82, 2.24) is 9.55 Å². The van der Waals surface area contributed by atoms with Crippen LogP contribution in [-0.2, 0) is 7.05 Å². The van der Waals surface area contributed by atoms with Gasteiger partial charge in [-0.3, -0.25) is 0 Å². The minimum absolute atomic E-state index is 0.668. The van der Waals surface area contributed by atoms with Gasteiger partial charge in [-0.05, 0) is 18.9 Å². The van der Waals surface area contributed by atoms with E-state index in [9.17, 15) is 0 Å². The summed E-state index contributed by atoms with van der Waals surface area (Å²) in [5.74, 6) is 1.68. The Hall–Kier alpha value is -0.760. The molecule has 0 radical (unpaired) electrons. The van der Waals surface area contributed by atoms with Crippen LogP contribution in [0.2, 0.25) is 0 Å². The summed E-state index contributed by atoms with van der Waals surface area (Å²) < 4.78 is 2.00. The van der Waals surface area contributed by atoms with Crippen LogP contribution in [0.15, 0.2) is 18.5 Å². The van der Waals surface area contributed by atoms with E-state index in [1.165, 1.54) is 5.57 Å². The van der Waals surface area contributed by atoms with E-state index in [0.29, 0.717) is 5.88 Å². The van der Waals surface area contributed by atoms with Crippen LogP contribution in [0.4, 0.5) is 0 Å². The first kappa shape index (κ1) is 9.33. The topological polar surface area (TPSA) is 17.8 Å². The highest BCUT2D eigenvalue weighted by atomic mass is 35.5. The lowest BCUT2D eigenvalue weighted by Gasteiger charge is -2.00. The fraction of sp³-hybridized carbons (Fsp3) is 0.444. The van der Waals surface area contributed by atoms with Gasteiger partial charge in [0.15, 0.2) is 0 Å². The lowest BCUT2D eigenvalue weighted by Crippen LogP contribution is -1.93. The van der Waals surface area contributed by atoms with Gasteiger partial charge in [0.2, 0.25) is 0 Å². The van der Waals surface area contributed by atoms with E-state index < -0.39 is 0 Å². The number of aryl methyl sites for hydroxylation is 1. The van der Waals surface area contributed by atoms with Crippen molar-refractivity contribution in [2.45, 2.75) is 13.3 Å². The van der Waals surface area contributed by atoms with Gasteiger partial charge in [0.25, 0.3) is 0 Å². The molecule has 1 heterocycles. The fourth-order valence-electron chi connectivity index (χ4n) is 1.11. The molecular weight excluding hydrogens is 172 g/mol. The molecule has 1 aromatic rings. The summed E-state index contributed by atoms with van der Waals surface area (Å²) >= 11 is 5.57. The Bertz CT molecular complexity index is 276. The molecule has 0 N–H and O–H groups in total. The predicted molar refractivity (Wildman–Crippen MR) is 52.2 cm³/mol. The van der Waals surface area contributed by atoms with Crippen molar-refractivity contribution < 1.29 is 0 Å². The molecular formula is C9H13ClN2. The third kappa shape index (κ3) is 2.11. The summed E-state index contributed by atoms with van der Waals surface area (Å²) in [6, 6.07) is 0. The highest BCUT2D eigenvalue weighted by Crippen LogP contribution is 2.10. The van der Waals surface area contributed by atoms with E-state index in [4.69, 9.17) is 11.6 Å². The van der Waals surface area contributed by atoms with E-state index in [1.807, 2.05) is 17.8 Å². The van der Waals surface area contributed by atoms with Gasteiger partial charge in [0.05, 0.1) is 0 Å². The molecule has 0 saturated carbocycles. The SMILES string of the molecule is CC(=CCCCl)c1nccn1C. The Kier molecular flexibility index (Phi) is 3.35. The molecule has 1 rings (SSSR count). The fourth-order valence-corrected chi connectivity index (χ4v) is 1.22. The molecule has 12 heavy (non-hydrogen) atoms. The summed E-state index contributed by atoms with van der Waals surface area (Å²) in [5.41, 5.74) is 1.18. The van der Waals surface area contributed by atoms with Gasteiger partial charge in [-0.2, -0.15) is 0 Å². The zero-order chi connectivity index (χ0) is 8.97. The van der Waals surface area contributed by atoms with Gasteiger partial charge in [-0.25, -0.2) is 4.98 Å². The molecule has 0 aliphatic carbocycles. The van der Waals surface area contributed by atoms with Crippen molar-refractivity contribution in [2.75, 3.05) is 5.88 Å². The zero-order valence-corrected chi connectivity index (χ0v) is 8.17. The molecule has 0 aliphatic rings. The molecule has 2 nitrogen and oxygen atoms in total. The number of halogens is 1. The van der Waals surface area contributed by atoms with E-state index in [-0.39, 0.29) is 0 Å². The molecule has 0 atom stereocenters. The monoisotopic (exact) mass is 184 g/mol. The number of hydrogen-bond acceptors (Lipinski definition) is 1. The molecule has 3 heteroatoms. The van der Waals surface area contributed by atoms with Crippen LogP contribution >= 0.6 is 11.6 Å². The number of aromatic nitrogens is 2. The number of allylic oxidation sites excluding steroid dienone is 2. The van der Waals surface area contributed by atoms with Crippen LogP contribution in [-0.4, -0.2) is 15.4 Å². The van der Waals surface area contributed by atoms with Gasteiger partial charge < -0.3 is 4.57 Å². The maximum atomic E-state index is 5.57. The molecule has 0 unspecified atom stereocenters. The number of imidazole rings is 1. The minimum Gasteiger partial charge on any atom is -0.334 e. The van der Waals surface area contributed by atoms with Crippen molar-refractivity contribution in [3.63, 3.8) is 0 Å². The average Bonchev–Trinajstić information content (AvgIpc) is 2.47. The number of hydrogen-bond donors (Lipinski definition) is 0. The van der Waals surface area contributed by atoms with Gasteiger partial charge in [0.1, 0.15) is 5.82 Å². The van der Waals surface area contributed by atoms with Crippen molar-refractivity contribution in [2.24, 2.45) is 7.05 Å². The molecule has 0 bridgehead atoms. The molecule has 66 valence electrons. The molecule has 0 amide bonds. The molecule has 1 aromatic heterocycles. The number of alkyl halides is 1. The molecule has 0 saturated heterocycles. The molecule has 0 fully saturated rings. The summed E-state index contributed by atoms with van der Waals surface area (Å²) in [7, 11) is 1.99. The van der Waals surface area contributed by atoms with Crippen LogP contribution in [0.1, 0.15) is 19.2 Å². The molecule has 0 spiro atoms. The third-order valence-electron chi connectivity index (χ3n) is 1.73. The maximum Gasteiger partial charge on any atom is 0.134 e. The lowest BCUT2D eigenvalue weighted by atomic mass is 10.2. The van der Waals surface area contributed by atoms with E-state index in [2.05, 4.69) is 18.0 Å². The second-order valence-electron chi connectivity index (χ2n) is 2.73. The third-order valence-corrected chi connectivity index (χ3v) is 1.95. The standard InChI is InChI=1S/C9H13ClN2/c1-8(4-3-5-10)9-11-6-7-12(9)2/h4,6-7H,3,5H2,1-2H3. The summed E-state index contributed by atoms with van der Waals surface area (Å²) in [6.07, 6.45) is 6.75. The lowest BCUT2D eigenvalue weighted by molar-refractivity contribution is 0.887. The molecule has 0 aliphatic heterocycles. The first-order valence-electron chi connectivity index (χ1n) is 3.96. The van der Waals surface area contributed by atoms with Crippen molar-refractivity contribution >= 4 is 17.2 Å². The van der Waals surface area contributed by atoms with Gasteiger partial charge in [-0.15, -0.1) is 11.6 Å². The number of nitrogens with zero attached hydrogens (tertiary/aromatic N) is 2. The van der Waals surface area contributed by atoms with Crippen LogP contribution < -0.4 is 0 Å². The Balaban J connectivity index is 2.77. The van der Waals surface area contributed by atoms with Crippen molar-refractivity contribution in [3.8, 4) is 0 Å². The average molecular weight is 185 g/mol. The molecule has 0 aromatic carbocycles. The van der Waals surface area contributed by atoms with E-state index in [0.717, 1.165) is 12.2 Å². The first-order chi connectivity index (χ1) is 5.75. The second-order valence-corrected chi connectivity index (χ2v) is 3.10. The first-order valence-corrected chi connectivity index (χ1v) is 4.49. The second kappa shape index (κ2) is 4.31. The van der Waals surface area contributed by atoms with Gasteiger partial charge >= 0.3 is 0 Å². The van der Waals surface area contributed by atoms with Crippen LogP contribution in [0, 0.1) is 0 Å². The Labute approximate surface area is 77.9 Å². The van der Waals surface area contributed by atoms with Crippen molar-refractivity contribution in [1.29, 1.82) is 0 Å². The van der Waals surface area contributed by atoms with E-state index >= 15 is 0 Å². The normalized spacial score (nSPS) is 12.1. The highest BCUT2D eigenvalue weighted by molar-refractivity contribution is 6.17. The summed E-state index contributed by atoms with van der Waals surface area (Å²) in [4.78, 5) is 4.22. The van der Waals surface area contributed by atoms with Crippen LogP contribution in [0.3, 0.4) is 0 Å². The Morgan fingerprint density at radius 3 is 3.00 bits per heavy atom.